The van der Waals surface area contributed by atoms with Crippen LogP contribution in [0.1, 0.15) is 5.56 Å². The lowest BCUT2D eigenvalue weighted by atomic mass is 10.2. The Labute approximate surface area is 79.0 Å². The molecule has 0 bridgehead atoms. The van der Waals surface area contributed by atoms with Crippen molar-refractivity contribution < 1.29 is 8.42 Å². The summed E-state index contributed by atoms with van der Waals surface area (Å²) in [5.41, 5.74) is 1.05. The lowest BCUT2D eigenvalue weighted by Crippen LogP contribution is -2.22. The van der Waals surface area contributed by atoms with Crippen LogP contribution in [0.5, 0.6) is 0 Å². The Hall–Kier alpha value is -0.870. The van der Waals surface area contributed by atoms with Crippen molar-refractivity contribution in [2.75, 3.05) is 14.1 Å². The number of hydrogen-bond donors (Lipinski definition) is 0. The molecule has 13 heavy (non-hydrogen) atoms. The molecule has 0 fully saturated rings. The van der Waals surface area contributed by atoms with E-state index >= 15 is 0 Å². The van der Waals surface area contributed by atoms with Gasteiger partial charge in [-0.3, -0.25) is 0 Å². The molecule has 1 rings (SSSR count). The molecule has 0 amide bonds. The summed E-state index contributed by atoms with van der Waals surface area (Å²) in [6.07, 6.45) is 0. The summed E-state index contributed by atoms with van der Waals surface area (Å²) in [7, 11) is -0.214. The summed E-state index contributed by atoms with van der Waals surface area (Å²) >= 11 is 0. The lowest BCUT2D eigenvalue weighted by Gasteiger charge is -2.10. The van der Waals surface area contributed by atoms with Gasteiger partial charge in [0, 0.05) is 14.1 Å². The molecule has 0 saturated heterocycles. The maximum atomic E-state index is 11.6. The number of nitrogens with zero attached hydrogens (tertiary/aromatic N) is 1. The van der Waals surface area contributed by atoms with Gasteiger partial charge in [-0.2, -0.15) is 0 Å². The standard InChI is InChI=1S/C9H13NO2S/c1-8-4-6-9(7-5-8)13(11,12)10(2)3/h4-7H,1-3H3. The van der Waals surface area contributed by atoms with Crippen LogP contribution in [0.25, 0.3) is 0 Å². The molecular formula is C9H13NO2S. The van der Waals surface area contributed by atoms with Gasteiger partial charge in [-0.05, 0) is 19.1 Å². The average molecular weight is 199 g/mol. The highest BCUT2D eigenvalue weighted by Crippen LogP contribution is 2.12. The first kappa shape index (κ1) is 10.2. The van der Waals surface area contributed by atoms with Crippen LogP contribution in [0.15, 0.2) is 29.2 Å². The fourth-order valence-electron chi connectivity index (χ4n) is 0.921. The summed E-state index contributed by atoms with van der Waals surface area (Å²) in [4.78, 5) is 0.336. The smallest absolute Gasteiger partial charge is 0.207 e. The molecule has 0 atom stereocenters. The summed E-state index contributed by atoms with van der Waals surface area (Å²) in [6, 6.07) is 6.81. The summed E-state index contributed by atoms with van der Waals surface area (Å²) in [5, 5.41) is 0. The van der Waals surface area contributed by atoms with Crippen molar-refractivity contribution in [3.8, 4) is 0 Å². The first-order valence-corrected chi connectivity index (χ1v) is 5.38. The maximum absolute atomic E-state index is 11.6. The number of benzene rings is 1. The van der Waals surface area contributed by atoms with Crippen LogP contribution in [0.4, 0.5) is 0 Å². The van der Waals surface area contributed by atoms with Crippen molar-refractivity contribution in [3.05, 3.63) is 29.8 Å². The van der Waals surface area contributed by atoms with Crippen molar-refractivity contribution in [1.29, 1.82) is 0 Å². The minimum atomic E-state index is -3.26. The number of aryl methyl sites for hydroxylation is 1. The van der Waals surface area contributed by atoms with E-state index < -0.39 is 10.0 Å². The summed E-state index contributed by atoms with van der Waals surface area (Å²) < 4.78 is 24.3. The molecule has 1 aromatic rings. The second kappa shape index (κ2) is 3.47. The van der Waals surface area contributed by atoms with Crippen LogP contribution in [0, 0.1) is 6.92 Å². The molecule has 0 heterocycles. The molecule has 0 radical (unpaired) electrons. The van der Waals surface area contributed by atoms with Gasteiger partial charge >= 0.3 is 0 Å². The minimum Gasteiger partial charge on any atom is -0.207 e. The van der Waals surface area contributed by atoms with Gasteiger partial charge in [0.05, 0.1) is 4.90 Å². The number of rotatable bonds is 2. The molecule has 4 heteroatoms. The molecule has 3 nitrogen and oxygen atoms in total. The van der Waals surface area contributed by atoms with E-state index in [1.165, 1.54) is 18.4 Å². The highest BCUT2D eigenvalue weighted by Gasteiger charge is 2.15. The molecule has 0 saturated carbocycles. The molecular weight excluding hydrogens is 186 g/mol. The molecule has 0 spiro atoms. The minimum absolute atomic E-state index is 0.336. The third-order valence-corrected chi connectivity index (χ3v) is 3.63. The maximum Gasteiger partial charge on any atom is 0.242 e. The monoisotopic (exact) mass is 199 g/mol. The Balaban J connectivity index is 3.17. The van der Waals surface area contributed by atoms with E-state index in [1.807, 2.05) is 6.92 Å². The number of sulfonamides is 1. The lowest BCUT2D eigenvalue weighted by molar-refractivity contribution is 0.521. The largest absolute Gasteiger partial charge is 0.242 e. The van der Waals surface area contributed by atoms with Gasteiger partial charge in [-0.15, -0.1) is 0 Å². The highest BCUT2D eigenvalue weighted by atomic mass is 32.2. The molecule has 0 aliphatic carbocycles. The van der Waals surface area contributed by atoms with Crippen molar-refractivity contribution in [3.63, 3.8) is 0 Å². The predicted octanol–water partition coefficient (Wildman–Crippen LogP) is 1.25. The van der Waals surface area contributed by atoms with Crippen molar-refractivity contribution in [1.82, 2.24) is 4.31 Å². The molecule has 1 aromatic carbocycles. The molecule has 0 unspecified atom stereocenters. The van der Waals surface area contributed by atoms with Gasteiger partial charge in [0.25, 0.3) is 0 Å². The van der Waals surface area contributed by atoms with Crippen LogP contribution in [-0.2, 0) is 10.0 Å². The molecule has 72 valence electrons. The van der Waals surface area contributed by atoms with Crippen LogP contribution >= 0.6 is 0 Å². The Bertz CT molecular complexity index is 379. The van der Waals surface area contributed by atoms with Gasteiger partial charge in [-0.1, -0.05) is 17.7 Å². The van der Waals surface area contributed by atoms with E-state index in [9.17, 15) is 8.42 Å². The van der Waals surface area contributed by atoms with E-state index in [1.54, 1.807) is 24.3 Å². The van der Waals surface area contributed by atoms with Gasteiger partial charge < -0.3 is 0 Å². The van der Waals surface area contributed by atoms with Crippen LogP contribution in [0.2, 0.25) is 0 Å². The van der Waals surface area contributed by atoms with Crippen molar-refractivity contribution in [2.45, 2.75) is 11.8 Å². The Morgan fingerprint density at radius 2 is 1.54 bits per heavy atom. The fraction of sp³-hybridized carbons (Fsp3) is 0.333. The van der Waals surface area contributed by atoms with Gasteiger partial charge in [0.1, 0.15) is 0 Å². The van der Waals surface area contributed by atoms with E-state index in [-0.39, 0.29) is 0 Å². The second-order valence-electron chi connectivity index (χ2n) is 3.10. The normalized spacial score (nSPS) is 12.0. The molecule has 0 N–H and O–H groups in total. The zero-order chi connectivity index (χ0) is 10.1. The Morgan fingerprint density at radius 3 is 1.92 bits per heavy atom. The first-order valence-electron chi connectivity index (χ1n) is 3.94. The van der Waals surface area contributed by atoms with Gasteiger partial charge in [-0.25, -0.2) is 12.7 Å². The van der Waals surface area contributed by atoms with E-state index in [0.717, 1.165) is 5.56 Å². The molecule has 0 aromatic heterocycles. The van der Waals surface area contributed by atoms with E-state index in [4.69, 9.17) is 0 Å². The third kappa shape index (κ3) is 2.08. The van der Waals surface area contributed by atoms with Crippen LogP contribution < -0.4 is 0 Å². The fourth-order valence-corrected chi connectivity index (χ4v) is 1.82. The van der Waals surface area contributed by atoms with E-state index in [0.29, 0.717) is 4.90 Å². The molecule has 0 aliphatic rings. The highest BCUT2D eigenvalue weighted by molar-refractivity contribution is 7.89. The summed E-state index contributed by atoms with van der Waals surface area (Å²) in [6.45, 7) is 1.92. The zero-order valence-corrected chi connectivity index (χ0v) is 8.80. The van der Waals surface area contributed by atoms with Gasteiger partial charge in [0.2, 0.25) is 10.0 Å². The van der Waals surface area contributed by atoms with E-state index in [2.05, 4.69) is 0 Å². The van der Waals surface area contributed by atoms with Gasteiger partial charge in [0.15, 0.2) is 0 Å². The first-order chi connectivity index (χ1) is 5.94. The average Bonchev–Trinajstić information content (AvgIpc) is 2.04. The Kier molecular flexibility index (Phi) is 2.73. The number of hydrogen-bond acceptors (Lipinski definition) is 2. The topological polar surface area (TPSA) is 37.4 Å². The summed E-state index contributed by atoms with van der Waals surface area (Å²) in [5.74, 6) is 0. The van der Waals surface area contributed by atoms with Crippen molar-refractivity contribution >= 4 is 10.0 Å². The van der Waals surface area contributed by atoms with Crippen molar-refractivity contribution in [2.24, 2.45) is 0 Å². The van der Waals surface area contributed by atoms with Crippen LogP contribution in [0.3, 0.4) is 0 Å². The SMILES string of the molecule is Cc1ccc(S(=O)(=O)N(C)C)cc1. The predicted molar refractivity (Wildman–Crippen MR) is 52.1 cm³/mol. The Morgan fingerprint density at radius 1 is 1.08 bits per heavy atom. The molecule has 0 aliphatic heterocycles. The van der Waals surface area contributed by atoms with Crippen LogP contribution in [-0.4, -0.2) is 26.8 Å². The second-order valence-corrected chi connectivity index (χ2v) is 5.25. The third-order valence-electron chi connectivity index (χ3n) is 1.80. The quantitative estimate of drug-likeness (QED) is 0.718. The zero-order valence-electron chi connectivity index (χ0n) is 7.98.